The van der Waals surface area contributed by atoms with Crippen LogP contribution in [0, 0.1) is 0 Å². The summed E-state index contributed by atoms with van der Waals surface area (Å²) in [4.78, 5) is 27.3. The van der Waals surface area contributed by atoms with Crippen molar-refractivity contribution >= 4 is 18.3 Å². The quantitative estimate of drug-likeness (QED) is 0.797. The molecule has 1 aromatic heterocycles. The Balaban J connectivity index is 0.00000208. The van der Waals surface area contributed by atoms with Crippen LogP contribution in [0.15, 0.2) is 47.3 Å². The summed E-state index contributed by atoms with van der Waals surface area (Å²) in [7, 11) is 0. The highest BCUT2D eigenvalue weighted by Gasteiger charge is 2.21. The Hall–Kier alpha value is -2.11. The number of nitrogens with one attached hydrogen (secondary N) is 2. The van der Waals surface area contributed by atoms with Crippen LogP contribution in [0.4, 0.5) is 0 Å². The van der Waals surface area contributed by atoms with Crippen molar-refractivity contribution in [1.82, 2.24) is 10.3 Å². The number of nitrogens with two attached hydrogens (primary N) is 1. The number of halogens is 1. The summed E-state index contributed by atoms with van der Waals surface area (Å²) in [5.41, 5.74) is 7.27. The number of hydrogen-bond acceptors (Lipinski definition) is 3. The molecule has 1 heterocycles. The van der Waals surface area contributed by atoms with Crippen LogP contribution in [0.1, 0.15) is 36.0 Å². The number of amides is 1. The average molecular weight is 348 g/mol. The smallest absolute Gasteiger partial charge is 0.261 e. The summed E-state index contributed by atoms with van der Waals surface area (Å²) < 4.78 is 0. The standard InChI is InChI=1S/C18H21N3O2.ClH/c19-13-6-8-14(9-7-13)20-17(22)15-10-11-16(21-18(15)23)12-4-2-1-3-5-12;/h1-5,10-11,13-14H,6-9,19H2,(H,20,22)(H,21,23);1H. The fraction of sp³-hybridized carbons (Fsp3) is 0.333. The molecule has 0 unspecified atom stereocenters. The Morgan fingerprint density at radius 2 is 1.71 bits per heavy atom. The van der Waals surface area contributed by atoms with Crippen molar-refractivity contribution < 1.29 is 4.79 Å². The van der Waals surface area contributed by atoms with E-state index in [-0.39, 0.29) is 41.5 Å². The van der Waals surface area contributed by atoms with Crippen molar-refractivity contribution in [3.8, 4) is 11.3 Å². The SMILES string of the molecule is Cl.NC1CCC(NC(=O)c2ccc(-c3ccccc3)[nH]c2=O)CC1. The highest BCUT2D eigenvalue weighted by Crippen LogP contribution is 2.18. The van der Waals surface area contributed by atoms with E-state index in [0.29, 0.717) is 5.69 Å². The molecule has 0 saturated heterocycles. The lowest BCUT2D eigenvalue weighted by Gasteiger charge is -2.26. The Kier molecular flexibility index (Phi) is 6.17. The van der Waals surface area contributed by atoms with Crippen LogP contribution in [-0.2, 0) is 0 Å². The highest BCUT2D eigenvalue weighted by molar-refractivity contribution is 5.94. The van der Waals surface area contributed by atoms with Gasteiger partial charge in [-0.15, -0.1) is 12.4 Å². The van der Waals surface area contributed by atoms with E-state index in [1.807, 2.05) is 30.3 Å². The third-order valence-corrected chi connectivity index (χ3v) is 4.35. The van der Waals surface area contributed by atoms with Crippen molar-refractivity contribution in [2.45, 2.75) is 37.8 Å². The third kappa shape index (κ3) is 4.24. The Morgan fingerprint density at radius 3 is 2.33 bits per heavy atom. The number of rotatable bonds is 3. The molecule has 6 heteroatoms. The predicted octanol–water partition coefficient (Wildman–Crippen LogP) is 2.46. The molecule has 1 aromatic carbocycles. The minimum Gasteiger partial charge on any atom is -0.349 e. The van der Waals surface area contributed by atoms with E-state index in [4.69, 9.17) is 5.73 Å². The van der Waals surface area contributed by atoms with Gasteiger partial charge in [-0.05, 0) is 43.4 Å². The van der Waals surface area contributed by atoms with Gasteiger partial charge in [-0.3, -0.25) is 9.59 Å². The summed E-state index contributed by atoms with van der Waals surface area (Å²) in [6, 6.07) is 13.2. The first-order chi connectivity index (χ1) is 11.1. The maximum Gasteiger partial charge on any atom is 0.261 e. The normalized spacial score (nSPS) is 20.0. The predicted molar refractivity (Wildman–Crippen MR) is 97.4 cm³/mol. The van der Waals surface area contributed by atoms with Crippen molar-refractivity contribution in [2.75, 3.05) is 0 Å². The molecule has 0 bridgehead atoms. The number of carbonyl (C=O) groups is 1. The molecule has 0 aliphatic heterocycles. The lowest BCUT2D eigenvalue weighted by atomic mass is 9.91. The lowest BCUT2D eigenvalue weighted by Crippen LogP contribution is -2.41. The Bertz CT molecular complexity index is 737. The van der Waals surface area contributed by atoms with Crippen LogP contribution in [0.5, 0.6) is 0 Å². The number of aromatic nitrogens is 1. The van der Waals surface area contributed by atoms with Gasteiger partial charge in [0.05, 0.1) is 0 Å². The van der Waals surface area contributed by atoms with Crippen LogP contribution in [0.25, 0.3) is 11.3 Å². The summed E-state index contributed by atoms with van der Waals surface area (Å²) in [6.45, 7) is 0. The zero-order chi connectivity index (χ0) is 16.2. The van der Waals surface area contributed by atoms with Crippen LogP contribution < -0.4 is 16.6 Å². The minimum atomic E-state index is -0.364. The number of pyridine rings is 1. The Labute approximate surface area is 147 Å². The maximum absolute atomic E-state index is 12.3. The lowest BCUT2D eigenvalue weighted by molar-refractivity contribution is 0.0924. The molecule has 1 saturated carbocycles. The van der Waals surface area contributed by atoms with Gasteiger partial charge in [0.1, 0.15) is 5.56 Å². The highest BCUT2D eigenvalue weighted by atomic mass is 35.5. The Morgan fingerprint density at radius 1 is 1.04 bits per heavy atom. The van der Waals surface area contributed by atoms with E-state index in [2.05, 4.69) is 10.3 Å². The van der Waals surface area contributed by atoms with Crippen molar-refractivity contribution in [2.24, 2.45) is 5.73 Å². The first kappa shape index (κ1) is 18.2. The molecule has 4 N–H and O–H groups in total. The average Bonchev–Trinajstić information content (AvgIpc) is 2.57. The zero-order valence-electron chi connectivity index (χ0n) is 13.3. The minimum absolute atomic E-state index is 0. The molecule has 3 rings (SSSR count). The van der Waals surface area contributed by atoms with E-state index in [0.717, 1.165) is 31.2 Å². The second-order valence-electron chi connectivity index (χ2n) is 6.07. The molecule has 1 amide bonds. The van der Waals surface area contributed by atoms with Crippen molar-refractivity contribution in [3.05, 3.63) is 58.4 Å². The molecule has 24 heavy (non-hydrogen) atoms. The molecule has 5 nitrogen and oxygen atoms in total. The van der Waals surface area contributed by atoms with Gasteiger partial charge in [-0.2, -0.15) is 0 Å². The number of H-pyrrole nitrogens is 1. The van der Waals surface area contributed by atoms with Crippen LogP contribution in [0.2, 0.25) is 0 Å². The van der Waals surface area contributed by atoms with E-state index >= 15 is 0 Å². The molecule has 0 spiro atoms. The topological polar surface area (TPSA) is 88.0 Å². The molecule has 0 atom stereocenters. The van der Waals surface area contributed by atoms with Gasteiger partial charge in [0.15, 0.2) is 0 Å². The summed E-state index contributed by atoms with van der Waals surface area (Å²) in [6.07, 6.45) is 3.56. The van der Waals surface area contributed by atoms with Gasteiger partial charge in [0.2, 0.25) is 0 Å². The number of hydrogen-bond donors (Lipinski definition) is 3. The molecule has 0 radical (unpaired) electrons. The van der Waals surface area contributed by atoms with E-state index < -0.39 is 0 Å². The molecule has 1 fully saturated rings. The molecule has 2 aromatic rings. The van der Waals surface area contributed by atoms with Crippen molar-refractivity contribution in [3.63, 3.8) is 0 Å². The van der Waals surface area contributed by atoms with E-state index in [9.17, 15) is 9.59 Å². The van der Waals surface area contributed by atoms with Crippen LogP contribution in [-0.4, -0.2) is 23.0 Å². The summed E-state index contributed by atoms with van der Waals surface area (Å²) in [5, 5.41) is 2.94. The molecule has 1 aliphatic rings. The van der Waals surface area contributed by atoms with Crippen molar-refractivity contribution in [1.29, 1.82) is 0 Å². The molecule has 128 valence electrons. The van der Waals surface area contributed by atoms with Gasteiger partial charge in [0, 0.05) is 17.8 Å². The van der Waals surface area contributed by atoms with Gasteiger partial charge in [-0.1, -0.05) is 30.3 Å². The number of benzene rings is 1. The maximum atomic E-state index is 12.3. The number of aromatic amines is 1. The van der Waals surface area contributed by atoms with Crippen LogP contribution in [0.3, 0.4) is 0 Å². The summed E-state index contributed by atoms with van der Waals surface area (Å²) >= 11 is 0. The van der Waals surface area contributed by atoms with Gasteiger partial charge < -0.3 is 16.0 Å². The monoisotopic (exact) mass is 347 g/mol. The van der Waals surface area contributed by atoms with Crippen LogP contribution >= 0.6 is 12.4 Å². The molecular formula is C18H22ClN3O2. The molecule has 1 aliphatic carbocycles. The van der Waals surface area contributed by atoms with Gasteiger partial charge >= 0.3 is 0 Å². The first-order valence-electron chi connectivity index (χ1n) is 7.98. The van der Waals surface area contributed by atoms with E-state index in [1.165, 1.54) is 0 Å². The zero-order valence-corrected chi connectivity index (χ0v) is 14.1. The fourth-order valence-corrected chi connectivity index (χ4v) is 2.97. The second-order valence-corrected chi connectivity index (χ2v) is 6.07. The molecular weight excluding hydrogens is 326 g/mol. The first-order valence-corrected chi connectivity index (χ1v) is 7.98. The second kappa shape index (κ2) is 8.13. The summed E-state index contributed by atoms with van der Waals surface area (Å²) in [5.74, 6) is -0.314. The van der Waals surface area contributed by atoms with Gasteiger partial charge in [-0.25, -0.2) is 0 Å². The van der Waals surface area contributed by atoms with Gasteiger partial charge in [0.25, 0.3) is 11.5 Å². The largest absolute Gasteiger partial charge is 0.349 e. The fourth-order valence-electron chi connectivity index (χ4n) is 2.97. The van der Waals surface area contributed by atoms with E-state index in [1.54, 1.807) is 12.1 Å². The number of carbonyl (C=O) groups excluding carboxylic acids is 1. The third-order valence-electron chi connectivity index (χ3n) is 4.35.